The van der Waals surface area contributed by atoms with Gasteiger partial charge in [-0.05, 0) is 361 Å². The predicted octanol–water partition coefficient (Wildman–Crippen LogP) is 31.3. The number of hydrogen-bond donors (Lipinski definition) is 0. The molecule has 15 rings (SSSR count). The number of fused-ring (bicyclic) bond motifs is 4. The first-order valence-electron chi connectivity index (χ1n) is 52.7. The Labute approximate surface area is 749 Å². The van der Waals surface area contributed by atoms with Crippen molar-refractivity contribution in [2.75, 3.05) is 112 Å². The van der Waals surface area contributed by atoms with Gasteiger partial charge in [-0.1, -0.05) is 215 Å². The first kappa shape index (κ1) is 110. The lowest BCUT2D eigenvalue weighted by molar-refractivity contribution is -0.132. The molecule has 0 saturated heterocycles. The first-order valence-corrected chi connectivity index (χ1v) is 52.7. The molecule has 0 amide bonds. The zero-order chi connectivity index (χ0) is 89.0. The monoisotopic (exact) mass is 1690 g/mol. The maximum Gasteiger partial charge on any atom is 0.0676 e. The van der Waals surface area contributed by atoms with Crippen molar-refractivity contribution < 1.29 is 47.4 Å². The van der Waals surface area contributed by atoms with Crippen LogP contribution in [-0.2, 0) is 47.4 Å². The summed E-state index contributed by atoms with van der Waals surface area (Å²) in [6.07, 6.45) is 59.1. The van der Waals surface area contributed by atoms with Crippen LogP contribution in [-0.4, -0.2) is 131 Å². The van der Waals surface area contributed by atoms with Crippen LogP contribution in [0, 0.1) is 118 Å². The fourth-order valence-electron chi connectivity index (χ4n) is 27.1. The topological polar surface area (TPSA) is 92.3 Å². The van der Waals surface area contributed by atoms with Crippen LogP contribution in [0.5, 0.6) is 0 Å². The Morgan fingerprint density at radius 2 is 0.625 bits per heavy atom. The van der Waals surface area contributed by atoms with E-state index in [1.54, 1.807) is 6.42 Å². The Hall–Kier alpha value is -0.400. The molecular weight excluding hydrogens is 1480 g/mol. The Kier molecular flexibility index (Phi) is 48.8. The van der Waals surface area contributed by atoms with Crippen molar-refractivity contribution in [2.24, 2.45) is 118 Å². The molecule has 15 aliphatic rings. The van der Waals surface area contributed by atoms with E-state index in [2.05, 4.69) is 194 Å². The Balaban J connectivity index is 0.000000238. The summed E-state index contributed by atoms with van der Waals surface area (Å²) in [5, 5.41) is 0. The van der Waals surface area contributed by atoms with E-state index in [1.807, 2.05) is 0 Å². The van der Waals surface area contributed by atoms with Gasteiger partial charge in [-0.25, -0.2) is 0 Å². The molecule has 6 unspecified atom stereocenters. The van der Waals surface area contributed by atoms with Crippen LogP contribution in [0.15, 0.2) is 0 Å². The summed E-state index contributed by atoms with van der Waals surface area (Å²) in [6, 6.07) is 0. The molecule has 15 aliphatic carbocycles. The van der Waals surface area contributed by atoms with Crippen LogP contribution in [0.3, 0.4) is 0 Å². The van der Waals surface area contributed by atoms with E-state index >= 15 is 0 Å². The molecule has 0 aromatic carbocycles. The number of hydrogen-bond acceptors (Lipinski definition) is 10. The zero-order valence-electron chi connectivity index (χ0n) is 86.0. The smallest absolute Gasteiger partial charge is 0.0676 e. The van der Waals surface area contributed by atoms with Gasteiger partial charge >= 0.3 is 0 Å². The molecule has 0 radical (unpaired) electrons. The molecule has 0 aliphatic heterocycles. The average Bonchev–Trinajstić information content (AvgIpc) is 1.31. The first-order chi connectivity index (χ1) is 56.8. The second kappa shape index (κ2) is 53.2. The number of ether oxygens (including phenoxy) is 10. The number of rotatable bonds is 30. The highest BCUT2D eigenvalue weighted by Crippen LogP contribution is 2.63. The van der Waals surface area contributed by atoms with Crippen molar-refractivity contribution in [1.82, 2.24) is 0 Å². The van der Waals surface area contributed by atoms with E-state index in [0.29, 0.717) is 83.3 Å². The molecule has 8 bridgehead atoms. The third-order valence-electron chi connectivity index (χ3n) is 35.0. The lowest BCUT2D eigenvalue weighted by atomic mass is 9.46. The zero-order valence-corrected chi connectivity index (χ0v) is 86.0. The Morgan fingerprint density at radius 1 is 0.275 bits per heavy atom. The highest BCUT2D eigenvalue weighted by atomic mass is 16.5. The molecule has 0 aromatic rings. The van der Waals surface area contributed by atoms with Gasteiger partial charge in [-0.2, -0.15) is 0 Å². The summed E-state index contributed by atoms with van der Waals surface area (Å²) in [6.45, 7) is 78.9. The normalized spacial score (nSPS) is 31.8. The molecule has 0 N–H and O–H groups in total. The summed E-state index contributed by atoms with van der Waals surface area (Å²) in [7, 11) is 0. The largest absolute Gasteiger partial charge is 0.381 e. The maximum absolute atomic E-state index is 5.91. The van der Waals surface area contributed by atoms with Crippen LogP contribution in [0.25, 0.3) is 0 Å². The van der Waals surface area contributed by atoms with Gasteiger partial charge in [0, 0.05) is 66.1 Å². The van der Waals surface area contributed by atoms with Crippen molar-refractivity contribution in [3.8, 4) is 0 Å². The molecule has 712 valence electrons. The van der Waals surface area contributed by atoms with Gasteiger partial charge in [0.2, 0.25) is 0 Å². The summed E-state index contributed by atoms with van der Waals surface area (Å²) >= 11 is 0. The van der Waals surface area contributed by atoms with Crippen molar-refractivity contribution >= 4 is 0 Å². The molecular formula is C110H212O10. The lowest BCUT2D eigenvalue weighted by Gasteiger charge is -2.60. The highest BCUT2D eigenvalue weighted by molar-refractivity contribution is 5.06. The van der Waals surface area contributed by atoms with E-state index < -0.39 is 0 Å². The van der Waals surface area contributed by atoms with Crippen molar-refractivity contribution in [2.45, 2.75) is 475 Å². The molecule has 0 aromatic heterocycles. The average molecular weight is 1690 g/mol. The summed E-state index contributed by atoms with van der Waals surface area (Å²) < 4.78 is 56.5. The van der Waals surface area contributed by atoms with Gasteiger partial charge in [0.25, 0.3) is 0 Å². The van der Waals surface area contributed by atoms with Crippen LogP contribution < -0.4 is 0 Å². The lowest BCUT2D eigenvalue weighted by Crippen LogP contribution is -2.53. The van der Waals surface area contributed by atoms with E-state index in [-0.39, 0.29) is 0 Å². The van der Waals surface area contributed by atoms with Crippen LogP contribution in [0.2, 0.25) is 0 Å². The van der Waals surface area contributed by atoms with Crippen LogP contribution >= 0.6 is 0 Å². The van der Waals surface area contributed by atoms with E-state index in [1.165, 1.54) is 257 Å². The van der Waals surface area contributed by atoms with Crippen molar-refractivity contribution in [3.05, 3.63) is 0 Å². The van der Waals surface area contributed by atoms with Gasteiger partial charge in [-0.3, -0.25) is 0 Å². The molecule has 0 heterocycles. The Bertz CT molecular complexity index is 2540. The van der Waals surface area contributed by atoms with Crippen molar-refractivity contribution in [1.29, 1.82) is 0 Å². The predicted molar refractivity (Wildman–Crippen MR) is 514 cm³/mol. The molecule has 15 saturated carbocycles. The molecule has 6 atom stereocenters. The molecule has 0 spiro atoms. The van der Waals surface area contributed by atoms with Crippen LogP contribution in [0.1, 0.15) is 457 Å². The third kappa shape index (κ3) is 33.5. The molecule has 10 nitrogen and oxygen atoms in total. The standard InChI is InChI=1S/C14H24O.C12H24O.2C11H20O.3C11H22O.2C10H20O.C9H18O/c1-3-15-9-14(2)12-5-10-4-11(7-12)8-13(14)6-10;1-6-13-10-11(2,3)8-7-9-12(10,4)5;1-4-12-10-8-5-6-9(7-8)11(10,2)3;1-3-12-8-11(2)7-9-4-5-10(11)6-9;1-6-12-9-10(2,3)7-8-11(9,4)5;1-4-12-9-11(10(2)3)7-5-6-8-11;1-3-11(10-12-4-2)8-6-5-7-9-11;1-3-11-9-10(2)7-5-4-6-8-10;1-3-10(9-11-4-2)7-5-6-8-10;1-3-10-8-9(2)6-4-5-7-9/h10-13H,3-9H2,1-2H3;10H,6-9H2,1-5H3;8-10H,4-7H2,1-3H3;9-10H,3-8H2,1-2H3;9H,6-8H2,1-5H3;10H,4-9H2,1-3H3;3-10H2,1-2H3;2*3-9H2,1-2H3;3-8H2,1-2H3. The van der Waals surface area contributed by atoms with Gasteiger partial charge in [0.05, 0.1) is 64.6 Å². The summed E-state index contributed by atoms with van der Waals surface area (Å²) in [5.41, 5.74) is 5.67. The molecule has 10 heteroatoms. The highest BCUT2D eigenvalue weighted by Gasteiger charge is 2.56. The quantitative estimate of drug-likeness (QED) is 0.0692. The second-order valence-corrected chi connectivity index (χ2v) is 47.0. The minimum absolute atomic E-state index is 0.359. The third-order valence-corrected chi connectivity index (χ3v) is 35.0. The summed E-state index contributed by atoms with van der Waals surface area (Å²) in [4.78, 5) is 0. The van der Waals surface area contributed by atoms with Gasteiger partial charge in [0.1, 0.15) is 0 Å². The molecule has 15 fully saturated rings. The van der Waals surface area contributed by atoms with E-state index in [0.717, 1.165) is 166 Å². The van der Waals surface area contributed by atoms with Crippen molar-refractivity contribution in [3.63, 3.8) is 0 Å². The Morgan fingerprint density at radius 3 is 0.992 bits per heavy atom. The minimum atomic E-state index is 0.359. The fraction of sp³-hybridized carbons (Fsp3) is 1.00. The van der Waals surface area contributed by atoms with Gasteiger partial charge < -0.3 is 47.4 Å². The SMILES string of the molecule is CCOC1C(C)(C)CCC1(C)C.CCOC1C(C)(C)CCCC1(C)C.CCOC1C2CCC(C2)C1(C)C.CCOCC1(C(C)C)CCCC1.CCOCC1(C)C2CC3CC(C2)CC1C3.CCOCC1(C)CC2CCC1C2.CCOCC1(C)CCCC1.CCOCC1(C)CCCCC1.CCOCC1(CC)CCCC1.CCOCC1(CC)CCCCC1. The fourth-order valence-corrected chi connectivity index (χ4v) is 27.1. The van der Waals surface area contributed by atoms with Gasteiger partial charge in [0.15, 0.2) is 0 Å². The van der Waals surface area contributed by atoms with Gasteiger partial charge in [-0.15, -0.1) is 0 Å². The van der Waals surface area contributed by atoms with Crippen LogP contribution in [0.4, 0.5) is 0 Å². The van der Waals surface area contributed by atoms with E-state index in [9.17, 15) is 0 Å². The van der Waals surface area contributed by atoms with E-state index in [4.69, 9.17) is 47.4 Å². The maximum atomic E-state index is 5.91. The summed E-state index contributed by atoms with van der Waals surface area (Å²) in [5.74, 6) is 8.77. The minimum Gasteiger partial charge on any atom is -0.381 e. The second-order valence-electron chi connectivity index (χ2n) is 47.0. The molecule has 120 heavy (non-hydrogen) atoms.